The molecular weight excluding hydrogens is 390 g/mol. The number of carbonyl (C=O) groups excluding carboxylic acids is 2. The quantitative estimate of drug-likeness (QED) is 0.714. The summed E-state index contributed by atoms with van der Waals surface area (Å²) >= 11 is 6.14. The molecule has 1 unspecified atom stereocenters. The highest BCUT2D eigenvalue weighted by atomic mass is 35.5. The standard InChI is InChI=1S/C22H28ClN3O3/c1-4-29-21(28)22(13-16-7-5-8-17(23)11-16)9-6-10-26(14-22)20(27)19-12-18(15(2)3)24-25-19/h5,7-8,11-12,15H,4,6,9-10,13-14H2,1-3H3,(H,24,25). The molecule has 1 fully saturated rings. The zero-order valence-corrected chi connectivity index (χ0v) is 18.0. The van der Waals surface area contributed by atoms with Crippen LogP contribution >= 0.6 is 11.6 Å². The van der Waals surface area contributed by atoms with Crippen LogP contribution in [-0.2, 0) is 16.0 Å². The van der Waals surface area contributed by atoms with Crippen molar-refractivity contribution in [1.82, 2.24) is 15.1 Å². The van der Waals surface area contributed by atoms with E-state index in [0.717, 1.165) is 17.7 Å². The van der Waals surface area contributed by atoms with Crippen molar-refractivity contribution >= 4 is 23.5 Å². The Morgan fingerprint density at radius 1 is 1.34 bits per heavy atom. The maximum Gasteiger partial charge on any atom is 0.314 e. The third-order valence-corrected chi connectivity index (χ3v) is 5.68. The zero-order valence-electron chi connectivity index (χ0n) is 17.2. The SMILES string of the molecule is CCOC(=O)C1(Cc2cccc(Cl)c2)CCCN(C(=O)c2cc(C(C)C)[nH]n2)C1. The second kappa shape index (κ2) is 8.99. The van der Waals surface area contributed by atoms with Crippen molar-refractivity contribution < 1.29 is 14.3 Å². The van der Waals surface area contributed by atoms with Crippen LogP contribution in [0.4, 0.5) is 0 Å². The van der Waals surface area contributed by atoms with Gasteiger partial charge in [-0.1, -0.05) is 37.6 Å². The number of esters is 1. The van der Waals surface area contributed by atoms with Gasteiger partial charge in [0.1, 0.15) is 5.69 Å². The van der Waals surface area contributed by atoms with E-state index < -0.39 is 5.41 Å². The number of carbonyl (C=O) groups is 2. The van der Waals surface area contributed by atoms with Crippen LogP contribution in [0.3, 0.4) is 0 Å². The average molecular weight is 418 g/mol. The molecule has 2 heterocycles. The average Bonchev–Trinajstić information content (AvgIpc) is 3.18. The Bertz CT molecular complexity index is 880. The van der Waals surface area contributed by atoms with E-state index in [2.05, 4.69) is 10.2 Å². The molecule has 1 aromatic heterocycles. The molecule has 0 bridgehead atoms. The highest BCUT2D eigenvalue weighted by molar-refractivity contribution is 6.30. The maximum atomic E-state index is 13.1. The number of aromatic amines is 1. The van der Waals surface area contributed by atoms with E-state index in [1.54, 1.807) is 17.9 Å². The Balaban J connectivity index is 1.86. The number of halogens is 1. The smallest absolute Gasteiger partial charge is 0.314 e. The number of nitrogens with one attached hydrogen (secondary N) is 1. The van der Waals surface area contributed by atoms with Crippen molar-refractivity contribution in [1.29, 1.82) is 0 Å². The summed E-state index contributed by atoms with van der Waals surface area (Å²) in [4.78, 5) is 27.8. The molecule has 1 saturated heterocycles. The number of ether oxygens (including phenoxy) is 1. The van der Waals surface area contributed by atoms with Crippen LogP contribution in [0.1, 0.15) is 61.3 Å². The largest absolute Gasteiger partial charge is 0.466 e. The van der Waals surface area contributed by atoms with Gasteiger partial charge in [0, 0.05) is 23.8 Å². The molecule has 29 heavy (non-hydrogen) atoms. The molecule has 0 spiro atoms. The van der Waals surface area contributed by atoms with Crippen molar-refractivity contribution in [3.8, 4) is 0 Å². The molecule has 156 valence electrons. The Kier molecular flexibility index (Phi) is 6.63. The fraction of sp³-hybridized carbons (Fsp3) is 0.500. The van der Waals surface area contributed by atoms with Gasteiger partial charge in [-0.05, 0) is 55.9 Å². The Hall–Kier alpha value is -2.34. The molecule has 0 radical (unpaired) electrons. The number of benzene rings is 1. The maximum absolute atomic E-state index is 13.1. The molecule has 6 nitrogen and oxygen atoms in total. The summed E-state index contributed by atoms with van der Waals surface area (Å²) in [5.74, 6) is -0.165. The zero-order chi connectivity index (χ0) is 21.0. The first-order valence-electron chi connectivity index (χ1n) is 10.1. The summed E-state index contributed by atoms with van der Waals surface area (Å²) in [6, 6.07) is 9.30. The third-order valence-electron chi connectivity index (χ3n) is 5.44. The Morgan fingerprint density at radius 2 is 2.14 bits per heavy atom. The lowest BCUT2D eigenvalue weighted by molar-refractivity contribution is -0.158. The second-order valence-corrected chi connectivity index (χ2v) is 8.44. The van der Waals surface area contributed by atoms with Gasteiger partial charge in [0.25, 0.3) is 5.91 Å². The van der Waals surface area contributed by atoms with Gasteiger partial charge in [0.15, 0.2) is 0 Å². The molecule has 1 aliphatic rings. The first kappa shape index (κ1) is 21.4. The molecule has 0 aliphatic carbocycles. The number of rotatable bonds is 6. The second-order valence-electron chi connectivity index (χ2n) is 8.00. The van der Waals surface area contributed by atoms with Crippen LogP contribution in [-0.4, -0.2) is 46.7 Å². The van der Waals surface area contributed by atoms with Crippen molar-refractivity contribution in [2.24, 2.45) is 5.41 Å². The third kappa shape index (κ3) is 4.81. The van der Waals surface area contributed by atoms with Crippen molar-refractivity contribution in [2.45, 2.75) is 46.0 Å². The van der Waals surface area contributed by atoms with E-state index in [9.17, 15) is 9.59 Å². The highest BCUT2D eigenvalue weighted by Crippen LogP contribution is 2.36. The Morgan fingerprint density at radius 3 is 2.79 bits per heavy atom. The normalized spacial score (nSPS) is 19.4. The number of H-pyrrole nitrogens is 1. The van der Waals surface area contributed by atoms with Crippen LogP contribution < -0.4 is 0 Å². The number of piperidine rings is 1. The number of hydrogen-bond acceptors (Lipinski definition) is 4. The first-order valence-corrected chi connectivity index (χ1v) is 10.5. The number of hydrogen-bond donors (Lipinski definition) is 1. The summed E-state index contributed by atoms with van der Waals surface area (Å²) in [6.07, 6.45) is 1.88. The minimum Gasteiger partial charge on any atom is -0.466 e. The molecule has 7 heteroatoms. The summed E-state index contributed by atoms with van der Waals surface area (Å²) in [5.41, 5.74) is 1.48. The number of likely N-dealkylation sites (tertiary alicyclic amines) is 1. The summed E-state index contributed by atoms with van der Waals surface area (Å²) in [7, 11) is 0. The van der Waals surface area contributed by atoms with E-state index >= 15 is 0 Å². The fourth-order valence-corrected chi connectivity index (χ4v) is 4.13. The van der Waals surface area contributed by atoms with E-state index in [-0.39, 0.29) is 17.8 Å². The summed E-state index contributed by atoms with van der Waals surface area (Å²) in [5, 5.41) is 7.75. The summed E-state index contributed by atoms with van der Waals surface area (Å²) in [6.45, 7) is 7.09. The predicted octanol–water partition coefficient (Wildman–Crippen LogP) is 4.21. The topological polar surface area (TPSA) is 75.3 Å². The van der Waals surface area contributed by atoms with Crippen molar-refractivity contribution in [2.75, 3.05) is 19.7 Å². The van der Waals surface area contributed by atoms with Crippen LogP contribution in [0.2, 0.25) is 5.02 Å². The van der Waals surface area contributed by atoms with Gasteiger partial charge >= 0.3 is 5.97 Å². The lowest BCUT2D eigenvalue weighted by Gasteiger charge is -2.41. The molecule has 0 saturated carbocycles. The van der Waals surface area contributed by atoms with Gasteiger partial charge in [-0.2, -0.15) is 5.10 Å². The van der Waals surface area contributed by atoms with Gasteiger partial charge in [-0.15, -0.1) is 0 Å². The molecule has 1 aliphatic heterocycles. The summed E-state index contributed by atoms with van der Waals surface area (Å²) < 4.78 is 5.42. The lowest BCUT2D eigenvalue weighted by atomic mass is 9.75. The predicted molar refractivity (Wildman–Crippen MR) is 112 cm³/mol. The monoisotopic (exact) mass is 417 g/mol. The minimum atomic E-state index is -0.786. The molecule has 1 atom stereocenters. The highest BCUT2D eigenvalue weighted by Gasteiger charge is 2.45. The van der Waals surface area contributed by atoms with E-state index in [0.29, 0.717) is 43.3 Å². The molecule has 1 aromatic carbocycles. The van der Waals surface area contributed by atoms with Crippen LogP contribution in [0.25, 0.3) is 0 Å². The molecule has 1 amide bonds. The van der Waals surface area contributed by atoms with Gasteiger partial charge in [0.05, 0.1) is 12.0 Å². The van der Waals surface area contributed by atoms with Crippen molar-refractivity contribution in [3.05, 3.63) is 52.3 Å². The Labute approximate surface area is 176 Å². The minimum absolute atomic E-state index is 0.160. The fourth-order valence-electron chi connectivity index (χ4n) is 3.91. The van der Waals surface area contributed by atoms with Gasteiger partial charge < -0.3 is 9.64 Å². The van der Waals surface area contributed by atoms with E-state index in [1.807, 2.05) is 38.1 Å². The van der Waals surface area contributed by atoms with E-state index in [4.69, 9.17) is 16.3 Å². The molecular formula is C22H28ClN3O3. The van der Waals surface area contributed by atoms with Crippen LogP contribution in [0, 0.1) is 5.41 Å². The number of nitrogens with zero attached hydrogens (tertiary/aromatic N) is 2. The van der Waals surface area contributed by atoms with E-state index in [1.165, 1.54) is 0 Å². The lowest BCUT2D eigenvalue weighted by Crippen LogP contribution is -2.51. The van der Waals surface area contributed by atoms with Crippen LogP contribution in [0.5, 0.6) is 0 Å². The first-order chi connectivity index (χ1) is 13.8. The number of amides is 1. The molecule has 1 N–H and O–H groups in total. The van der Waals surface area contributed by atoms with Gasteiger partial charge in [0.2, 0.25) is 0 Å². The van der Waals surface area contributed by atoms with Gasteiger partial charge in [-0.25, -0.2) is 0 Å². The van der Waals surface area contributed by atoms with Crippen LogP contribution in [0.15, 0.2) is 30.3 Å². The van der Waals surface area contributed by atoms with Gasteiger partial charge in [-0.3, -0.25) is 14.7 Å². The molecule has 3 rings (SSSR count). The number of aromatic nitrogens is 2. The molecule has 2 aromatic rings. The van der Waals surface area contributed by atoms with Crippen molar-refractivity contribution in [3.63, 3.8) is 0 Å².